The molecular formula is C12H16FNO2. The Morgan fingerprint density at radius 3 is 2.81 bits per heavy atom. The molecule has 0 aromatic heterocycles. The molecule has 0 aliphatic rings. The molecule has 1 rings (SSSR count). The highest BCUT2D eigenvalue weighted by Crippen LogP contribution is 2.16. The maximum atomic E-state index is 12.9. The lowest BCUT2D eigenvalue weighted by Crippen LogP contribution is -2.17. The van der Waals surface area contributed by atoms with Gasteiger partial charge in [0.05, 0.1) is 18.2 Å². The normalized spacial score (nSPS) is 12.2. The SMILES string of the molecule is CCOC(=O)[C@H](C)Cc1ccc(F)c(N)c1. The van der Waals surface area contributed by atoms with Crippen molar-refractivity contribution in [3.8, 4) is 0 Å². The van der Waals surface area contributed by atoms with E-state index in [-0.39, 0.29) is 17.6 Å². The number of halogens is 1. The zero-order valence-electron chi connectivity index (χ0n) is 9.50. The van der Waals surface area contributed by atoms with E-state index in [1.165, 1.54) is 6.07 Å². The summed E-state index contributed by atoms with van der Waals surface area (Å²) in [5.41, 5.74) is 6.38. The first-order chi connectivity index (χ1) is 7.54. The number of esters is 1. The molecule has 0 heterocycles. The van der Waals surface area contributed by atoms with E-state index in [1.54, 1.807) is 26.0 Å². The van der Waals surface area contributed by atoms with Gasteiger partial charge in [-0.05, 0) is 31.0 Å². The minimum atomic E-state index is -0.437. The number of nitrogens with two attached hydrogens (primary N) is 1. The Labute approximate surface area is 94.4 Å². The van der Waals surface area contributed by atoms with Gasteiger partial charge in [-0.25, -0.2) is 4.39 Å². The summed E-state index contributed by atoms with van der Waals surface area (Å²) in [6.07, 6.45) is 0.503. The predicted molar refractivity (Wildman–Crippen MR) is 60.3 cm³/mol. The summed E-state index contributed by atoms with van der Waals surface area (Å²) in [6.45, 7) is 3.91. The van der Waals surface area contributed by atoms with Crippen molar-refractivity contribution in [3.05, 3.63) is 29.6 Å². The largest absolute Gasteiger partial charge is 0.466 e. The second-order valence-electron chi connectivity index (χ2n) is 3.71. The molecule has 1 aromatic carbocycles. The van der Waals surface area contributed by atoms with Crippen molar-refractivity contribution in [2.75, 3.05) is 12.3 Å². The highest BCUT2D eigenvalue weighted by Gasteiger charge is 2.14. The smallest absolute Gasteiger partial charge is 0.308 e. The third-order valence-electron chi connectivity index (χ3n) is 2.29. The van der Waals surface area contributed by atoms with Crippen LogP contribution in [0.15, 0.2) is 18.2 Å². The van der Waals surface area contributed by atoms with Gasteiger partial charge in [-0.15, -0.1) is 0 Å². The molecule has 1 atom stereocenters. The molecule has 0 bridgehead atoms. The average Bonchev–Trinajstić information content (AvgIpc) is 2.24. The third-order valence-corrected chi connectivity index (χ3v) is 2.29. The number of carbonyl (C=O) groups excluding carboxylic acids is 1. The van der Waals surface area contributed by atoms with Crippen LogP contribution in [0.25, 0.3) is 0 Å². The lowest BCUT2D eigenvalue weighted by molar-refractivity contribution is -0.147. The van der Waals surface area contributed by atoms with Gasteiger partial charge in [0.15, 0.2) is 0 Å². The fraction of sp³-hybridized carbons (Fsp3) is 0.417. The van der Waals surface area contributed by atoms with Gasteiger partial charge in [0.25, 0.3) is 0 Å². The molecule has 3 nitrogen and oxygen atoms in total. The van der Waals surface area contributed by atoms with Crippen LogP contribution < -0.4 is 5.73 Å². The Bertz CT molecular complexity index is 379. The Hall–Kier alpha value is -1.58. The van der Waals surface area contributed by atoms with Gasteiger partial charge in [0.1, 0.15) is 5.82 Å². The maximum absolute atomic E-state index is 12.9. The summed E-state index contributed by atoms with van der Waals surface area (Å²) in [7, 11) is 0. The number of rotatable bonds is 4. The topological polar surface area (TPSA) is 52.3 Å². The standard InChI is InChI=1S/C12H16FNO2/c1-3-16-12(15)8(2)6-9-4-5-10(13)11(14)7-9/h4-5,7-8H,3,6,14H2,1-2H3/t8-/m1/s1. The van der Waals surface area contributed by atoms with Crippen LogP contribution in [0, 0.1) is 11.7 Å². The van der Waals surface area contributed by atoms with Gasteiger partial charge in [-0.3, -0.25) is 4.79 Å². The minimum Gasteiger partial charge on any atom is -0.466 e. The Morgan fingerprint density at radius 2 is 2.25 bits per heavy atom. The zero-order valence-corrected chi connectivity index (χ0v) is 9.50. The van der Waals surface area contributed by atoms with E-state index in [2.05, 4.69) is 0 Å². The number of anilines is 1. The second kappa shape index (κ2) is 5.49. The van der Waals surface area contributed by atoms with Crippen LogP contribution in [0.4, 0.5) is 10.1 Å². The van der Waals surface area contributed by atoms with E-state index in [0.717, 1.165) is 5.56 Å². The zero-order chi connectivity index (χ0) is 12.1. The van der Waals surface area contributed by atoms with Crippen LogP contribution in [-0.4, -0.2) is 12.6 Å². The number of carbonyl (C=O) groups is 1. The first kappa shape index (κ1) is 12.5. The van der Waals surface area contributed by atoms with Crippen LogP contribution in [0.3, 0.4) is 0 Å². The van der Waals surface area contributed by atoms with Crippen LogP contribution in [0.1, 0.15) is 19.4 Å². The second-order valence-corrected chi connectivity index (χ2v) is 3.71. The summed E-state index contributed by atoms with van der Waals surface area (Å²) < 4.78 is 17.8. The van der Waals surface area contributed by atoms with Crippen LogP contribution in [0.5, 0.6) is 0 Å². The van der Waals surface area contributed by atoms with Gasteiger partial charge >= 0.3 is 5.97 Å². The highest BCUT2D eigenvalue weighted by atomic mass is 19.1. The van der Waals surface area contributed by atoms with E-state index < -0.39 is 5.82 Å². The lowest BCUT2D eigenvalue weighted by Gasteiger charge is -2.10. The van der Waals surface area contributed by atoms with Gasteiger partial charge in [-0.1, -0.05) is 13.0 Å². The predicted octanol–water partition coefficient (Wildman–Crippen LogP) is 2.15. The summed E-state index contributed by atoms with van der Waals surface area (Å²) in [6, 6.07) is 4.48. The molecule has 2 N–H and O–H groups in total. The number of nitrogen functional groups attached to an aromatic ring is 1. The van der Waals surface area contributed by atoms with Crippen molar-refractivity contribution in [2.24, 2.45) is 5.92 Å². The van der Waals surface area contributed by atoms with E-state index >= 15 is 0 Å². The summed E-state index contributed by atoms with van der Waals surface area (Å²) in [5.74, 6) is -0.928. The van der Waals surface area contributed by atoms with E-state index in [0.29, 0.717) is 13.0 Å². The van der Waals surface area contributed by atoms with E-state index in [9.17, 15) is 9.18 Å². The van der Waals surface area contributed by atoms with Gasteiger partial charge in [0.2, 0.25) is 0 Å². The molecule has 4 heteroatoms. The first-order valence-corrected chi connectivity index (χ1v) is 5.25. The number of hydrogen-bond donors (Lipinski definition) is 1. The van der Waals surface area contributed by atoms with E-state index in [1.807, 2.05) is 0 Å². The molecule has 1 aromatic rings. The molecular weight excluding hydrogens is 209 g/mol. The maximum Gasteiger partial charge on any atom is 0.308 e. The molecule has 0 spiro atoms. The molecule has 0 saturated heterocycles. The summed E-state index contributed by atoms with van der Waals surface area (Å²) in [5, 5.41) is 0. The average molecular weight is 225 g/mol. The van der Waals surface area contributed by atoms with E-state index in [4.69, 9.17) is 10.5 Å². The molecule has 0 aliphatic carbocycles. The summed E-state index contributed by atoms with van der Waals surface area (Å²) in [4.78, 5) is 11.4. The Morgan fingerprint density at radius 1 is 1.56 bits per heavy atom. The molecule has 16 heavy (non-hydrogen) atoms. The van der Waals surface area contributed by atoms with Crippen LogP contribution in [0.2, 0.25) is 0 Å². The van der Waals surface area contributed by atoms with Crippen molar-refractivity contribution in [1.82, 2.24) is 0 Å². The number of hydrogen-bond acceptors (Lipinski definition) is 3. The Kier molecular flexibility index (Phi) is 4.28. The van der Waals surface area contributed by atoms with Crippen molar-refractivity contribution >= 4 is 11.7 Å². The summed E-state index contributed by atoms with van der Waals surface area (Å²) >= 11 is 0. The van der Waals surface area contributed by atoms with Crippen LogP contribution >= 0.6 is 0 Å². The molecule has 0 amide bonds. The molecule has 0 radical (unpaired) electrons. The molecule has 0 saturated carbocycles. The Balaban J connectivity index is 2.66. The van der Waals surface area contributed by atoms with Gasteiger partial charge in [0, 0.05) is 0 Å². The number of benzene rings is 1. The fourth-order valence-electron chi connectivity index (χ4n) is 1.44. The first-order valence-electron chi connectivity index (χ1n) is 5.25. The van der Waals surface area contributed by atoms with Crippen molar-refractivity contribution in [1.29, 1.82) is 0 Å². The fourth-order valence-corrected chi connectivity index (χ4v) is 1.44. The van der Waals surface area contributed by atoms with Crippen molar-refractivity contribution in [2.45, 2.75) is 20.3 Å². The monoisotopic (exact) mass is 225 g/mol. The lowest BCUT2D eigenvalue weighted by atomic mass is 10.0. The molecule has 0 fully saturated rings. The van der Waals surface area contributed by atoms with Gasteiger partial charge < -0.3 is 10.5 Å². The van der Waals surface area contributed by atoms with Crippen LogP contribution in [-0.2, 0) is 16.0 Å². The van der Waals surface area contributed by atoms with Crippen molar-refractivity contribution < 1.29 is 13.9 Å². The third kappa shape index (κ3) is 3.22. The minimum absolute atomic E-state index is 0.105. The molecule has 88 valence electrons. The van der Waals surface area contributed by atoms with Gasteiger partial charge in [-0.2, -0.15) is 0 Å². The molecule has 0 aliphatic heterocycles. The number of ether oxygens (including phenoxy) is 1. The quantitative estimate of drug-likeness (QED) is 0.631. The highest BCUT2D eigenvalue weighted by molar-refractivity contribution is 5.72. The molecule has 0 unspecified atom stereocenters. The van der Waals surface area contributed by atoms with Crippen molar-refractivity contribution in [3.63, 3.8) is 0 Å².